The van der Waals surface area contributed by atoms with E-state index in [2.05, 4.69) is 9.59 Å². The smallest absolute Gasteiger partial charge is 0.0957 e. The number of halogens is 2. The summed E-state index contributed by atoms with van der Waals surface area (Å²) >= 11 is 13.2. The molecule has 0 spiro atoms. The largest absolute Gasteiger partial charge is 0.387 e. The fraction of sp³-hybridized carbons (Fsp3) is 0.333. The monoisotopic (exact) mass is 302 g/mol. The molecule has 0 aliphatic heterocycles. The summed E-state index contributed by atoms with van der Waals surface area (Å²) in [6, 6.07) is 5.23. The van der Waals surface area contributed by atoms with E-state index < -0.39 is 6.10 Å². The van der Waals surface area contributed by atoms with E-state index in [9.17, 15) is 5.11 Å². The zero-order chi connectivity index (χ0) is 13.1. The number of benzene rings is 1. The fourth-order valence-electron chi connectivity index (χ4n) is 1.71. The molecule has 0 fully saturated rings. The Balaban J connectivity index is 2.21. The first kappa shape index (κ1) is 13.7. The van der Waals surface area contributed by atoms with Crippen molar-refractivity contribution in [2.75, 3.05) is 0 Å². The summed E-state index contributed by atoms with van der Waals surface area (Å²) in [6.07, 6.45) is 0.526. The zero-order valence-corrected chi connectivity index (χ0v) is 12.1. The van der Waals surface area contributed by atoms with Crippen LogP contribution in [0.25, 0.3) is 0 Å². The van der Waals surface area contributed by atoms with Gasteiger partial charge in [0.25, 0.3) is 0 Å². The quantitative estimate of drug-likeness (QED) is 0.937. The maximum atomic E-state index is 10.2. The molecule has 1 atom stereocenters. The van der Waals surface area contributed by atoms with Crippen molar-refractivity contribution in [1.82, 2.24) is 9.59 Å². The van der Waals surface area contributed by atoms with Gasteiger partial charge in [-0.1, -0.05) is 34.6 Å². The molecular weight excluding hydrogens is 291 g/mol. The minimum atomic E-state index is -0.643. The lowest BCUT2D eigenvalue weighted by Crippen LogP contribution is -2.03. The van der Waals surface area contributed by atoms with Crippen LogP contribution in [-0.4, -0.2) is 14.7 Å². The molecule has 1 aromatic heterocycles. The maximum absolute atomic E-state index is 10.2. The van der Waals surface area contributed by atoms with E-state index >= 15 is 0 Å². The molecule has 2 rings (SSSR count). The van der Waals surface area contributed by atoms with E-state index in [1.165, 1.54) is 11.5 Å². The summed E-state index contributed by atoms with van der Waals surface area (Å²) < 4.78 is 3.87. The second kappa shape index (κ2) is 5.97. The van der Waals surface area contributed by atoms with E-state index in [0.717, 1.165) is 22.6 Å². The van der Waals surface area contributed by atoms with Gasteiger partial charge in [-0.3, -0.25) is 0 Å². The molecule has 0 saturated heterocycles. The first-order valence-corrected chi connectivity index (χ1v) is 7.07. The molecule has 0 aliphatic rings. The van der Waals surface area contributed by atoms with Crippen LogP contribution >= 0.6 is 34.7 Å². The Labute approximate surface area is 120 Å². The van der Waals surface area contributed by atoms with Gasteiger partial charge in [0.05, 0.1) is 16.7 Å². The number of hydrogen-bond acceptors (Lipinski definition) is 4. The van der Waals surface area contributed by atoms with Crippen molar-refractivity contribution in [2.45, 2.75) is 25.9 Å². The topological polar surface area (TPSA) is 46.0 Å². The molecule has 96 valence electrons. The van der Waals surface area contributed by atoms with E-state index in [1.807, 2.05) is 6.92 Å². The minimum absolute atomic E-state index is 0.413. The predicted molar refractivity (Wildman–Crippen MR) is 74.4 cm³/mol. The maximum Gasteiger partial charge on any atom is 0.0957 e. The predicted octanol–water partition coefficient (Wildman–Crippen LogP) is 3.68. The van der Waals surface area contributed by atoms with Gasteiger partial charge in [-0.05, 0) is 41.7 Å². The van der Waals surface area contributed by atoms with Crippen LogP contribution in [0, 0.1) is 0 Å². The molecule has 18 heavy (non-hydrogen) atoms. The second-order valence-electron chi connectivity index (χ2n) is 3.89. The highest BCUT2D eigenvalue weighted by molar-refractivity contribution is 7.05. The average molecular weight is 303 g/mol. The van der Waals surface area contributed by atoms with Gasteiger partial charge in [0.2, 0.25) is 0 Å². The lowest BCUT2D eigenvalue weighted by Gasteiger charge is -2.11. The summed E-state index contributed by atoms with van der Waals surface area (Å²) in [5, 5.41) is 15.4. The van der Waals surface area contributed by atoms with Crippen molar-refractivity contribution < 1.29 is 5.11 Å². The van der Waals surface area contributed by atoms with Crippen LogP contribution in [0.2, 0.25) is 10.0 Å². The summed E-state index contributed by atoms with van der Waals surface area (Å²) in [5.41, 5.74) is 1.66. The SMILES string of the molecule is CCc1nnsc1C(O)Cc1cc(Cl)ccc1Cl. The number of aliphatic hydroxyl groups is 1. The van der Waals surface area contributed by atoms with Gasteiger partial charge in [-0.2, -0.15) is 0 Å². The van der Waals surface area contributed by atoms with E-state index in [-0.39, 0.29) is 0 Å². The van der Waals surface area contributed by atoms with Crippen molar-refractivity contribution in [3.05, 3.63) is 44.4 Å². The van der Waals surface area contributed by atoms with Crippen LogP contribution in [0.15, 0.2) is 18.2 Å². The lowest BCUT2D eigenvalue weighted by atomic mass is 10.1. The first-order valence-electron chi connectivity index (χ1n) is 5.55. The molecule has 1 heterocycles. The highest BCUT2D eigenvalue weighted by atomic mass is 35.5. The standard InChI is InChI=1S/C12H12Cl2N2OS/c1-2-10-12(18-16-15-10)11(17)6-7-5-8(13)3-4-9(7)14/h3-5,11,17H,2,6H2,1H3. The Bertz CT molecular complexity index is 545. The summed E-state index contributed by atoms with van der Waals surface area (Å²) in [5.74, 6) is 0. The normalized spacial score (nSPS) is 12.7. The van der Waals surface area contributed by atoms with Crippen LogP contribution < -0.4 is 0 Å². The van der Waals surface area contributed by atoms with Gasteiger partial charge in [-0.25, -0.2) is 0 Å². The molecule has 0 amide bonds. The van der Waals surface area contributed by atoms with Crippen molar-refractivity contribution >= 4 is 34.7 Å². The van der Waals surface area contributed by atoms with Crippen LogP contribution in [-0.2, 0) is 12.8 Å². The molecule has 6 heteroatoms. The van der Waals surface area contributed by atoms with Crippen LogP contribution in [0.3, 0.4) is 0 Å². The lowest BCUT2D eigenvalue weighted by molar-refractivity contribution is 0.181. The van der Waals surface area contributed by atoms with Crippen molar-refractivity contribution in [1.29, 1.82) is 0 Å². The molecule has 0 saturated carbocycles. The molecule has 0 bridgehead atoms. The summed E-state index contributed by atoms with van der Waals surface area (Å²) in [6.45, 7) is 1.99. The van der Waals surface area contributed by atoms with Gasteiger partial charge in [0, 0.05) is 16.5 Å². The van der Waals surface area contributed by atoms with E-state index in [1.54, 1.807) is 18.2 Å². The Morgan fingerprint density at radius 2 is 2.17 bits per heavy atom. The molecule has 1 unspecified atom stereocenters. The third kappa shape index (κ3) is 3.01. The first-order chi connectivity index (χ1) is 8.61. The van der Waals surface area contributed by atoms with E-state index in [4.69, 9.17) is 23.2 Å². The number of hydrogen-bond donors (Lipinski definition) is 1. The van der Waals surface area contributed by atoms with Crippen LogP contribution in [0.5, 0.6) is 0 Å². The third-order valence-electron chi connectivity index (χ3n) is 2.64. The second-order valence-corrected chi connectivity index (χ2v) is 5.52. The molecule has 0 radical (unpaired) electrons. The Hall–Kier alpha value is -0.680. The highest BCUT2D eigenvalue weighted by Crippen LogP contribution is 2.28. The Kier molecular flexibility index (Phi) is 4.56. The average Bonchev–Trinajstić information content (AvgIpc) is 2.82. The number of aliphatic hydroxyl groups excluding tert-OH is 1. The van der Waals surface area contributed by atoms with Crippen molar-refractivity contribution in [2.24, 2.45) is 0 Å². The highest BCUT2D eigenvalue weighted by Gasteiger charge is 2.17. The molecule has 0 aliphatic carbocycles. The third-order valence-corrected chi connectivity index (χ3v) is 4.12. The number of aryl methyl sites for hydroxylation is 1. The van der Waals surface area contributed by atoms with Gasteiger partial charge >= 0.3 is 0 Å². The summed E-state index contributed by atoms with van der Waals surface area (Å²) in [4.78, 5) is 0.800. The van der Waals surface area contributed by atoms with Gasteiger partial charge in [-0.15, -0.1) is 5.10 Å². The minimum Gasteiger partial charge on any atom is -0.387 e. The van der Waals surface area contributed by atoms with Crippen molar-refractivity contribution in [3.63, 3.8) is 0 Å². The Morgan fingerprint density at radius 1 is 1.39 bits per heavy atom. The molecule has 1 aromatic carbocycles. The molecular formula is C12H12Cl2N2OS. The van der Waals surface area contributed by atoms with Gasteiger partial charge in [0.15, 0.2) is 0 Å². The van der Waals surface area contributed by atoms with Gasteiger partial charge < -0.3 is 5.11 Å². The number of rotatable bonds is 4. The van der Waals surface area contributed by atoms with E-state index in [0.29, 0.717) is 16.5 Å². The number of nitrogens with zero attached hydrogens (tertiary/aromatic N) is 2. The molecule has 3 nitrogen and oxygen atoms in total. The fourth-order valence-corrected chi connectivity index (χ4v) is 2.83. The van der Waals surface area contributed by atoms with Crippen LogP contribution in [0.4, 0.5) is 0 Å². The number of aromatic nitrogens is 2. The van der Waals surface area contributed by atoms with Gasteiger partial charge in [0.1, 0.15) is 0 Å². The molecule has 1 N–H and O–H groups in total. The zero-order valence-electron chi connectivity index (χ0n) is 9.73. The van der Waals surface area contributed by atoms with Crippen molar-refractivity contribution in [3.8, 4) is 0 Å². The molecule has 2 aromatic rings. The van der Waals surface area contributed by atoms with Crippen LogP contribution in [0.1, 0.15) is 29.2 Å². The summed E-state index contributed by atoms with van der Waals surface area (Å²) in [7, 11) is 0. The Morgan fingerprint density at radius 3 is 2.89 bits per heavy atom.